The molecule has 1 aliphatic rings. The summed E-state index contributed by atoms with van der Waals surface area (Å²) < 4.78 is 0. The van der Waals surface area contributed by atoms with Crippen molar-refractivity contribution in [1.29, 1.82) is 0 Å². The second kappa shape index (κ2) is 11.5. The van der Waals surface area contributed by atoms with Gasteiger partial charge in [-0.2, -0.15) is 0 Å². The van der Waals surface area contributed by atoms with Crippen molar-refractivity contribution in [2.45, 2.75) is 19.4 Å². The van der Waals surface area contributed by atoms with Crippen LogP contribution in [0.2, 0.25) is 0 Å². The van der Waals surface area contributed by atoms with E-state index in [2.05, 4.69) is 64.1 Å². The van der Waals surface area contributed by atoms with E-state index >= 15 is 0 Å². The minimum absolute atomic E-state index is 0. The normalized spacial score (nSPS) is 19.3. The molecule has 1 heterocycles. The van der Waals surface area contributed by atoms with E-state index in [0.717, 1.165) is 44.7 Å². The number of hydrogen-bond donors (Lipinski definition) is 2. The standard InChI is InChI=1S/C19H31N5.HI/c1-16(2)14-22-19(20)21-10-7-11-24-13-12-23(3)15-18(24)17-8-5-4-6-9-17;/h4-6,8-9,18H,1,7,10-15H2,2-3H3,(H3,20,21,22);1H. The number of halogens is 1. The van der Waals surface area contributed by atoms with Crippen LogP contribution in [-0.4, -0.2) is 62.1 Å². The predicted molar refractivity (Wildman–Crippen MR) is 118 cm³/mol. The van der Waals surface area contributed by atoms with E-state index in [0.29, 0.717) is 18.5 Å². The fraction of sp³-hybridized carbons (Fsp3) is 0.526. The molecule has 1 fully saturated rings. The summed E-state index contributed by atoms with van der Waals surface area (Å²) in [7, 11) is 2.20. The van der Waals surface area contributed by atoms with Crippen LogP contribution in [0.3, 0.4) is 0 Å². The van der Waals surface area contributed by atoms with E-state index in [-0.39, 0.29) is 24.0 Å². The van der Waals surface area contributed by atoms with Crippen LogP contribution in [0.5, 0.6) is 0 Å². The van der Waals surface area contributed by atoms with Crippen LogP contribution in [0.15, 0.2) is 47.5 Å². The summed E-state index contributed by atoms with van der Waals surface area (Å²) >= 11 is 0. The number of aliphatic imine (C=N–C) groups is 1. The van der Waals surface area contributed by atoms with Gasteiger partial charge in [-0.3, -0.25) is 4.90 Å². The predicted octanol–water partition coefficient (Wildman–Crippen LogP) is 2.46. The van der Waals surface area contributed by atoms with Gasteiger partial charge < -0.3 is 16.0 Å². The van der Waals surface area contributed by atoms with Crippen molar-refractivity contribution >= 4 is 29.9 Å². The van der Waals surface area contributed by atoms with Gasteiger partial charge >= 0.3 is 0 Å². The molecule has 3 N–H and O–H groups in total. The van der Waals surface area contributed by atoms with E-state index in [1.807, 2.05) is 6.92 Å². The fourth-order valence-corrected chi connectivity index (χ4v) is 2.99. The van der Waals surface area contributed by atoms with Crippen molar-refractivity contribution in [2.24, 2.45) is 10.7 Å². The molecule has 0 saturated carbocycles. The quantitative estimate of drug-likeness (QED) is 0.217. The number of nitrogens with zero attached hydrogens (tertiary/aromatic N) is 3. The Morgan fingerprint density at radius 1 is 1.32 bits per heavy atom. The van der Waals surface area contributed by atoms with Crippen LogP contribution in [0.1, 0.15) is 24.9 Å². The van der Waals surface area contributed by atoms with Crippen molar-refractivity contribution < 1.29 is 0 Å². The maximum Gasteiger partial charge on any atom is 0.188 e. The van der Waals surface area contributed by atoms with Gasteiger partial charge in [-0.05, 0) is 26.0 Å². The number of nitrogens with one attached hydrogen (secondary N) is 1. The zero-order chi connectivity index (χ0) is 17.4. The minimum atomic E-state index is 0. The molecular formula is C19H32IN5. The topological polar surface area (TPSA) is 56.9 Å². The number of rotatable bonds is 7. The van der Waals surface area contributed by atoms with Gasteiger partial charge in [-0.15, -0.1) is 24.0 Å². The Morgan fingerprint density at radius 3 is 2.72 bits per heavy atom. The molecule has 1 aliphatic heterocycles. The molecule has 1 unspecified atom stereocenters. The molecule has 1 saturated heterocycles. The van der Waals surface area contributed by atoms with Crippen LogP contribution in [-0.2, 0) is 0 Å². The van der Waals surface area contributed by atoms with E-state index in [9.17, 15) is 0 Å². The molecule has 0 radical (unpaired) electrons. The maximum atomic E-state index is 5.86. The summed E-state index contributed by atoms with van der Waals surface area (Å²) in [5, 5.41) is 3.19. The Labute approximate surface area is 169 Å². The number of likely N-dealkylation sites (N-methyl/N-ethyl adjacent to an activating group) is 1. The summed E-state index contributed by atoms with van der Waals surface area (Å²) in [6.45, 7) is 11.6. The molecule has 140 valence electrons. The van der Waals surface area contributed by atoms with Gasteiger partial charge in [0, 0.05) is 38.8 Å². The first kappa shape index (κ1) is 21.9. The SMILES string of the molecule is C=C(C)CN=C(N)NCCCN1CCN(C)CC1c1ccccc1.I. The van der Waals surface area contributed by atoms with E-state index < -0.39 is 0 Å². The van der Waals surface area contributed by atoms with Crippen molar-refractivity contribution in [3.63, 3.8) is 0 Å². The Hall–Kier alpha value is -1.12. The highest BCUT2D eigenvalue weighted by molar-refractivity contribution is 14.0. The average Bonchev–Trinajstić information content (AvgIpc) is 2.58. The molecule has 25 heavy (non-hydrogen) atoms. The van der Waals surface area contributed by atoms with Crippen LogP contribution in [0.25, 0.3) is 0 Å². The first-order valence-corrected chi connectivity index (χ1v) is 8.72. The number of nitrogens with two attached hydrogens (primary N) is 1. The molecule has 2 rings (SSSR count). The zero-order valence-corrected chi connectivity index (χ0v) is 17.8. The van der Waals surface area contributed by atoms with Gasteiger partial charge in [-0.25, -0.2) is 4.99 Å². The van der Waals surface area contributed by atoms with Gasteiger partial charge in [0.2, 0.25) is 0 Å². The highest BCUT2D eigenvalue weighted by Gasteiger charge is 2.25. The fourth-order valence-electron chi connectivity index (χ4n) is 2.99. The lowest BCUT2D eigenvalue weighted by Gasteiger charge is -2.40. The van der Waals surface area contributed by atoms with Crippen LogP contribution < -0.4 is 11.1 Å². The summed E-state index contributed by atoms with van der Waals surface area (Å²) in [6.07, 6.45) is 1.05. The number of guanidine groups is 1. The Morgan fingerprint density at radius 2 is 2.04 bits per heavy atom. The molecule has 6 heteroatoms. The summed E-state index contributed by atoms with van der Waals surface area (Å²) in [6, 6.07) is 11.3. The zero-order valence-electron chi connectivity index (χ0n) is 15.4. The van der Waals surface area contributed by atoms with Gasteiger partial charge in [0.15, 0.2) is 5.96 Å². The van der Waals surface area contributed by atoms with E-state index in [4.69, 9.17) is 5.73 Å². The first-order chi connectivity index (χ1) is 11.6. The molecular weight excluding hydrogens is 425 g/mol. The Kier molecular flexibility index (Phi) is 10.1. The molecule has 0 amide bonds. The lowest BCUT2D eigenvalue weighted by molar-refractivity contribution is 0.0891. The number of piperazine rings is 1. The van der Waals surface area contributed by atoms with Crippen molar-refractivity contribution in [1.82, 2.24) is 15.1 Å². The number of hydrogen-bond acceptors (Lipinski definition) is 3. The monoisotopic (exact) mass is 457 g/mol. The van der Waals surface area contributed by atoms with Crippen molar-refractivity contribution in [3.8, 4) is 0 Å². The van der Waals surface area contributed by atoms with Gasteiger partial charge in [0.1, 0.15) is 0 Å². The second-order valence-corrected chi connectivity index (χ2v) is 6.66. The molecule has 0 aromatic heterocycles. The molecule has 5 nitrogen and oxygen atoms in total. The van der Waals surface area contributed by atoms with E-state index in [1.54, 1.807) is 0 Å². The summed E-state index contributed by atoms with van der Waals surface area (Å²) in [5.74, 6) is 0.510. The highest BCUT2D eigenvalue weighted by atomic mass is 127. The third kappa shape index (κ3) is 7.75. The van der Waals surface area contributed by atoms with Gasteiger partial charge in [-0.1, -0.05) is 42.5 Å². The summed E-state index contributed by atoms with van der Waals surface area (Å²) in [4.78, 5) is 9.24. The second-order valence-electron chi connectivity index (χ2n) is 6.66. The molecule has 1 aromatic carbocycles. The maximum absolute atomic E-state index is 5.86. The van der Waals surface area contributed by atoms with Crippen molar-refractivity contribution in [2.75, 3.05) is 46.3 Å². The molecule has 0 aliphatic carbocycles. The lowest BCUT2D eigenvalue weighted by Crippen LogP contribution is -2.47. The molecule has 1 aromatic rings. The highest BCUT2D eigenvalue weighted by Crippen LogP contribution is 2.24. The van der Waals surface area contributed by atoms with Crippen molar-refractivity contribution in [3.05, 3.63) is 48.0 Å². The molecule has 1 atom stereocenters. The van der Waals surface area contributed by atoms with Crippen LogP contribution >= 0.6 is 24.0 Å². The Balaban J connectivity index is 0.00000312. The molecule has 0 spiro atoms. The Bertz CT molecular complexity index is 546. The average molecular weight is 457 g/mol. The summed E-state index contributed by atoms with van der Waals surface area (Å²) in [5.41, 5.74) is 8.27. The van der Waals surface area contributed by atoms with Gasteiger partial charge in [0.05, 0.1) is 6.54 Å². The smallest absolute Gasteiger partial charge is 0.188 e. The number of benzene rings is 1. The van der Waals surface area contributed by atoms with Crippen LogP contribution in [0, 0.1) is 0 Å². The minimum Gasteiger partial charge on any atom is -0.370 e. The largest absolute Gasteiger partial charge is 0.370 e. The third-order valence-electron chi connectivity index (χ3n) is 4.33. The lowest BCUT2D eigenvalue weighted by atomic mass is 10.0. The first-order valence-electron chi connectivity index (χ1n) is 8.72. The molecule has 0 bridgehead atoms. The van der Waals surface area contributed by atoms with Gasteiger partial charge in [0.25, 0.3) is 0 Å². The third-order valence-corrected chi connectivity index (χ3v) is 4.33. The van der Waals surface area contributed by atoms with Crippen LogP contribution in [0.4, 0.5) is 0 Å². The van der Waals surface area contributed by atoms with E-state index in [1.165, 1.54) is 5.56 Å².